The Kier molecular flexibility index (Phi) is 5.71. The molecule has 0 aliphatic heterocycles. The lowest BCUT2D eigenvalue weighted by Crippen LogP contribution is -2.41. The van der Waals surface area contributed by atoms with Gasteiger partial charge < -0.3 is 5.73 Å². The second-order valence-corrected chi connectivity index (χ2v) is 5.68. The van der Waals surface area contributed by atoms with Gasteiger partial charge in [-0.2, -0.15) is 8.78 Å². The Hall–Kier alpha value is -1.63. The number of nitrogens with one attached hydrogen (secondary N) is 1. The molecule has 3 N–H and O–H groups in total. The summed E-state index contributed by atoms with van der Waals surface area (Å²) in [6.07, 6.45) is -3.95. The number of sulfonamides is 1. The van der Waals surface area contributed by atoms with Crippen LogP contribution in [-0.4, -0.2) is 33.9 Å². The molecule has 9 heteroatoms. The molecular formula is C12H12F4N2O2S. The van der Waals surface area contributed by atoms with Crippen LogP contribution in [0.25, 0.3) is 0 Å². The molecule has 0 aliphatic rings. The topological polar surface area (TPSA) is 72.2 Å². The molecule has 1 aromatic carbocycles. The number of rotatable bonds is 5. The quantitative estimate of drug-likeness (QED) is 0.631. The fraction of sp³-hybridized carbons (Fsp3) is 0.333. The average molecular weight is 324 g/mol. The van der Waals surface area contributed by atoms with Crippen molar-refractivity contribution in [1.29, 1.82) is 0 Å². The number of hydrogen-bond acceptors (Lipinski definition) is 3. The predicted octanol–water partition coefficient (Wildman–Crippen LogP) is 1.18. The van der Waals surface area contributed by atoms with E-state index in [1.807, 2.05) is 0 Å². The molecule has 21 heavy (non-hydrogen) atoms. The van der Waals surface area contributed by atoms with Crippen molar-refractivity contribution in [1.82, 2.24) is 4.72 Å². The van der Waals surface area contributed by atoms with Crippen LogP contribution in [0.1, 0.15) is 5.56 Å². The fourth-order valence-electron chi connectivity index (χ4n) is 1.22. The summed E-state index contributed by atoms with van der Waals surface area (Å²) in [4.78, 5) is -0.328. The van der Waals surface area contributed by atoms with Crippen molar-refractivity contribution in [2.24, 2.45) is 5.73 Å². The minimum absolute atomic E-state index is 0.129. The maximum Gasteiger partial charge on any atom is 0.320 e. The molecule has 0 heterocycles. The molecule has 0 unspecified atom stereocenters. The van der Waals surface area contributed by atoms with E-state index in [0.717, 1.165) is 12.1 Å². The van der Waals surface area contributed by atoms with Crippen LogP contribution in [0.4, 0.5) is 17.6 Å². The van der Waals surface area contributed by atoms with Crippen LogP contribution in [0.2, 0.25) is 0 Å². The number of alkyl halides is 4. The van der Waals surface area contributed by atoms with E-state index in [2.05, 4.69) is 11.8 Å². The van der Waals surface area contributed by atoms with Gasteiger partial charge in [0.15, 0.2) is 0 Å². The standard InChI is InChI=1S/C12H12F4N2O2S/c13-11(14)12(15,16)8-18-21(19,20)10-5-3-9(4-6-10)2-1-7-17/h3-6,11,18H,7-8,17H2. The van der Waals surface area contributed by atoms with E-state index in [4.69, 9.17) is 5.73 Å². The van der Waals surface area contributed by atoms with Crippen LogP contribution in [0.5, 0.6) is 0 Å². The molecule has 1 aromatic rings. The largest absolute Gasteiger partial charge is 0.320 e. The van der Waals surface area contributed by atoms with Crippen LogP contribution in [0.3, 0.4) is 0 Å². The van der Waals surface area contributed by atoms with Crippen molar-refractivity contribution in [3.8, 4) is 11.8 Å². The number of benzene rings is 1. The molecule has 0 saturated heterocycles. The molecule has 4 nitrogen and oxygen atoms in total. The smallest absolute Gasteiger partial charge is 0.320 e. The first-order chi connectivity index (χ1) is 9.69. The summed E-state index contributed by atoms with van der Waals surface area (Å²) in [6.45, 7) is -1.55. The lowest BCUT2D eigenvalue weighted by molar-refractivity contribution is -0.122. The van der Waals surface area contributed by atoms with Crippen LogP contribution in [-0.2, 0) is 10.0 Å². The van der Waals surface area contributed by atoms with Crippen LogP contribution < -0.4 is 10.5 Å². The highest BCUT2D eigenvalue weighted by molar-refractivity contribution is 7.89. The zero-order valence-corrected chi connectivity index (χ0v) is 11.4. The molecular weight excluding hydrogens is 312 g/mol. The maximum absolute atomic E-state index is 12.7. The van der Waals surface area contributed by atoms with Crippen LogP contribution >= 0.6 is 0 Å². The molecule has 0 aliphatic carbocycles. The molecule has 0 radical (unpaired) electrons. The van der Waals surface area contributed by atoms with Gasteiger partial charge in [-0.1, -0.05) is 11.8 Å². The maximum atomic E-state index is 12.7. The van der Waals surface area contributed by atoms with E-state index in [0.29, 0.717) is 5.56 Å². The van der Waals surface area contributed by atoms with Gasteiger partial charge in [-0.05, 0) is 24.3 Å². The molecule has 0 bridgehead atoms. The highest BCUT2D eigenvalue weighted by Crippen LogP contribution is 2.22. The summed E-state index contributed by atoms with van der Waals surface area (Å²) in [7, 11) is -4.30. The first-order valence-electron chi connectivity index (χ1n) is 5.63. The van der Waals surface area contributed by atoms with Crippen molar-refractivity contribution in [2.75, 3.05) is 13.1 Å². The van der Waals surface area contributed by atoms with Gasteiger partial charge in [-0.3, -0.25) is 0 Å². The van der Waals surface area contributed by atoms with Crippen LogP contribution in [0.15, 0.2) is 29.2 Å². The molecule has 1 rings (SSSR count). The number of hydrogen-bond donors (Lipinski definition) is 2. The molecule has 0 atom stereocenters. The van der Waals surface area contributed by atoms with Gasteiger partial charge in [0.2, 0.25) is 10.0 Å². The second kappa shape index (κ2) is 6.89. The van der Waals surface area contributed by atoms with Gasteiger partial charge in [0.05, 0.1) is 18.0 Å². The lowest BCUT2D eigenvalue weighted by Gasteiger charge is -2.15. The zero-order valence-electron chi connectivity index (χ0n) is 10.6. The number of halogens is 4. The summed E-state index contributed by atoms with van der Waals surface area (Å²) >= 11 is 0. The second-order valence-electron chi connectivity index (χ2n) is 3.92. The minimum Gasteiger partial charge on any atom is -0.320 e. The van der Waals surface area contributed by atoms with Gasteiger partial charge in [0.25, 0.3) is 0 Å². The van der Waals surface area contributed by atoms with E-state index in [1.165, 1.54) is 16.9 Å². The van der Waals surface area contributed by atoms with Gasteiger partial charge in [0, 0.05) is 5.56 Å². The Morgan fingerprint density at radius 2 is 1.81 bits per heavy atom. The van der Waals surface area contributed by atoms with Gasteiger partial charge in [0.1, 0.15) is 0 Å². The molecule has 0 amide bonds. The molecule has 0 fully saturated rings. The Morgan fingerprint density at radius 1 is 1.24 bits per heavy atom. The summed E-state index contributed by atoms with van der Waals surface area (Å²) < 4.78 is 74.1. The van der Waals surface area contributed by atoms with E-state index >= 15 is 0 Å². The monoisotopic (exact) mass is 324 g/mol. The van der Waals surface area contributed by atoms with Crippen molar-refractivity contribution < 1.29 is 26.0 Å². The van der Waals surface area contributed by atoms with E-state index < -0.39 is 28.9 Å². The highest BCUT2D eigenvalue weighted by atomic mass is 32.2. The number of nitrogens with two attached hydrogens (primary N) is 1. The van der Waals surface area contributed by atoms with E-state index in [-0.39, 0.29) is 11.4 Å². The first kappa shape index (κ1) is 17.4. The third-order valence-corrected chi connectivity index (χ3v) is 3.73. The summed E-state index contributed by atoms with van der Waals surface area (Å²) in [6, 6.07) is 4.96. The lowest BCUT2D eigenvalue weighted by atomic mass is 10.2. The molecule has 116 valence electrons. The zero-order chi connectivity index (χ0) is 16.1. The van der Waals surface area contributed by atoms with E-state index in [9.17, 15) is 26.0 Å². The average Bonchev–Trinajstić information content (AvgIpc) is 2.43. The van der Waals surface area contributed by atoms with Crippen molar-refractivity contribution in [3.05, 3.63) is 29.8 Å². The Morgan fingerprint density at radius 3 is 2.29 bits per heavy atom. The third-order valence-electron chi connectivity index (χ3n) is 2.32. The van der Waals surface area contributed by atoms with E-state index in [1.54, 1.807) is 0 Å². The van der Waals surface area contributed by atoms with Crippen molar-refractivity contribution in [3.63, 3.8) is 0 Å². The normalized spacial score (nSPS) is 12.1. The van der Waals surface area contributed by atoms with Gasteiger partial charge >= 0.3 is 12.3 Å². The summed E-state index contributed by atoms with van der Waals surface area (Å²) in [5, 5.41) is 0. The Labute approximate surface area is 119 Å². The summed E-state index contributed by atoms with van der Waals surface area (Å²) in [5.74, 6) is 0.764. The highest BCUT2D eigenvalue weighted by Gasteiger charge is 2.41. The Balaban J connectivity index is 2.84. The fourth-order valence-corrected chi connectivity index (χ4v) is 2.27. The van der Waals surface area contributed by atoms with Crippen molar-refractivity contribution >= 4 is 10.0 Å². The van der Waals surface area contributed by atoms with Crippen molar-refractivity contribution in [2.45, 2.75) is 17.2 Å². The van der Waals surface area contributed by atoms with Crippen LogP contribution in [0, 0.1) is 11.8 Å². The molecule has 0 saturated carbocycles. The summed E-state index contributed by atoms with van der Waals surface area (Å²) in [5.41, 5.74) is 5.65. The predicted molar refractivity (Wildman–Crippen MR) is 68.5 cm³/mol. The van der Waals surface area contributed by atoms with Gasteiger partial charge in [-0.25, -0.2) is 21.9 Å². The molecule has 0 aromatic heterocycles. The third kappa shape index (κ3) is 5.00. The molecule has 0 spiro atoms. The minimum atomic E-state index is -4.43. The van der Waals surface area contributed by atoms with Gasteiger partial charge in [-0.15, -0.1) is 0 Å². The first-order valence-corrected chi connectivity index (χ1v) is 7.12. The Bertz CT molecular complexity index is 633. The SMILES string of the molecule is NCC#Cc1ccc(S(=O)(=O)NCC(F)(F)C(F)F)cc1.